The highest BCUT2D eigenvalue weighted by Crippen LogP contribution is 2.26. The maximum absolute atomic E-state index is 13.9. The van der Waals surface area contributed by atoms with Gasteiger partial charge in [-0.05, 0) is 24.5 Å². The van der Waals surface area contributed by atoms with Gasteiger partial charge >= 0.3 is 5.97 Å². The van der Waals surface area contributed by atoms with E-state index in [0.29, 0.717) is 0 Å². The second kappa shape index (κ2) is 5.19. The van der Waals surface area contributed by atoms with Crippen LogP contribution in [-0.2, 0) is 4.79 Å². The highest BCUT2D eigenvalue weighted by atomic mass is 19.1. The Bertz CT molecular complexity index is 574. The predicted octanol–water partition coefficient (Wildman–Crippen LogP) is 2.07. The van der Waals surface area contributed by atoms with Crippen LogP contribution in [0.1, 0.15) is 22.8 Å². The highest BCUT2D eigenvalue weighted by molar-refractivity contribution is 5.95. The number of likely N-dealkylation sites (tertiary alicyclic amines) is 1. The molecule has 1 amide bonds. The molecule has 1 saturated heterocycles. The number of rotatable bonds is 2. The molecular weight excluding hydrogens is 268 g/mol. The summed E-state index contributed by atoms with van der Waals surface area (Å²) in [6.07, 6.45) is 0. The number of carboxylic acid groups (broad SMARTS) is 1. The average molecular weight is 283 g/mol. The van der Waals surface area contributed by atoms with E-state index in [9.17, 15) is 18.4 Å². The van der Waals surface area contributed by atoms with Crippen LogP contribution in [0.25, 0.3) is 0 Å². The molecule has 1 aliphatic rings. The molecule has 0 bridgehead atoms. The van der Waals surface area contributed by atoms with Crippen LogP contribution in [0.4, 0.5) is 8.78 Å². The molecule has 0 unspecified atom stereocenters. The first kappa shape index (κ1) is 14.4. The van der Waals surface area contributed by atoms with Crippen molar-refractivity contribution in [2.24, 2.45) is 11.8 Å². The lowest BCUT2D eigenvalue weighted by atomic mass is 9.99. The number of carboxylic acids is 1. The fraction of sp³-hybridized carbons (Fsp3) is 0.429. The Labute approximate surface area is 115 Å². The molecule has 1 heterocycles. The van der Waals surface area contributed by atoms with Crippen molar-refractivity contribution >= 4 is 11.9 Å². The van der Waals surface area contributed by atoms with Gasteiger partial charge in [-0.25, -0.2) is 8.78 Å². The van der Waals surface area contributed by atoms with Crippen LogP contribution in [0.3, 0.4) is 0 Å². The summed E-state index contributed by atoms with van der Waals surface area (Å²) in [6.45, 7) is 3.30. The van der Waals surface area contributed by atoms with Crippen molar-refractivity contribution in [1.82, 2.24) is 4.90 Å². The number of halogens is 2. The fourth-order valence-corrected chi connectivity index (χ4v) is 2.46. The van der Waals surface area contributed by atoms with Gasteiger partial charge in [0.1, 0.15) is 17.2 Å². The van der Waals surface area contributed by atoms with Crippen LogP contribution in [0, 0.1) is 30.4 Å². The van der Waals surface area contributed by atoms with E-state index in [1.165, 1.54) is 17.9 Å². The van der Waals surface area contributed by atoms with Crippen LogP contribution in [0.2, 0.25) is 0 Å². The molecule has 0 aliphatic carbocycles. The number of aliphatic carboxylic acids is 1. The van der Waals surface area contributed by atoms with Crippen molar-refractivity contribution in [3.05, 3.63) is 34.9 Å². The largest absolute Gasteiger partial charge is 0.481 e. The Hall–Kier alpha value is -1.98. The first-order chi connectivity index (χ1) is 9.32. The number of aryl methyl sites for hydroxylation is 1. The molecule has 2 atom stereocenters. The van der Waals surface area contributed by atoms with E-state index in [0.717, 1.165) is 6.07 Å². The van der Waals surface area contributed by atoms with Gasteiger partial charge in [-0.15, -0.1) is 0 Å². The fourth-order valence-electron chi connectivity index (χ4n) is 2.46. The maximum atomic E-state index is 13.9. The number of carbonyl (C=O) groups is 2. The minimum absolute atomic E-state index is 0.0256. The molecule has 0 saturated carbocycles. The molecule has 4 nitrogen and oxygen atoms in total. The zero-order valence-corrected chi connectivity index (χ0v) is 11.2. The Balaban J connectivity index is 2.30. The molecule has 0 aromatic heterocycles. The van der Waals surface area contributed by atoms with Crippen LogP contribution in [0.5, 0.6) is 0 Å². The van der Waals surface area contributed by atoms with Gasteiger partial charge in [-0.2, -0.15) is 0 Å². The summed E-state index contributed by atoms with van der Waals surface area (Å²) in [5.74, 6) is -4.55. The van der Waals surface area contributed by atoms with Crippen LogP contribution in [0.15, 0.2) is 12.1 Å². The number of amides is 1. The smallest absolute Gasteiger partial charge is 0.308 e. The van der Waals surface area contributed by atoms with Gasteiger partial charge in [-0.1, -0.05) is 13.0 Å². The lowest BCUT2D eigenvalue weighted by Crippen LogP contribution is -2.31. The molecular formula is C14H15F2NO3. The normalized spacial score (nSPS) is 22.1. The molecule has 0 spiro atoms. The lowest BCUT2D eigenvalue weighted by molar-refractivity contribution is -0.142. The Morgan fingerprint density at radius 1 is 1.30 bits per heavy atom. The molecule has 1 aliphatic heterocycles. The van der Waals surface area contributed by atoms with E-state index in [4.69, 9.17) is 5.11 Å². The van der Waals surface area contributed by atoms with Crippen molar-refractivity contribution < 1.29 is 23.5 Å². The van der Waals surface area contributed by atoms with Crippen molar-refractivity contribution in [3.8, 4) is 0 Å². The lowest BCUT2D eigenvalue weighted by Gasteiger charge is -2.17. The van der Waals surface area contributed by atoms with Crippen molar-refractivity contribution in [1.29, 1.82) is 0 Å². The van der Waals surface area contributed by atoms with E-state index in [1.54, 1.807) is 6.92 Å². The molecule has 1 aromatic rings. The Morgan fingerprint density at radius 3 is 2.50 bits per heavy atom. The third kappa shape index (κ3) is 2.37. The minimum Gasteiger partial charge on any atom is -0.481 e. The monoisotopic (exact) mass is 283 g/mol. The van der Waals surface area contributed by atoms with E-state index >= 15 is 0 Å². The standard InChI is InChI=1S/C14H15F2NO3/c1-7-3-4-10(15)11(12(7)16)13(18)17-5-8(2)9(6-17)14(19)20/h3-4,8-9H,5-6H2,1-2H3,(H,19,20)/t8-,9-/m1/s1. The second-order valence-corrected chi connectivity index (χ2v) is 5.19. The molecule has 108 valence electrons. The molecule has 2 rings (SSSR count). The van der Waals surface area contributed by atoms with E-state index < -0.39 is 35.0 Å². The average Bonchev–Trinajstić information content (AvgIpc) is 2.76. The van der Waals surface area contributed by atoms with Gasteiger partial charge in [0.2, 0.25) is 0 Å². The Kier molecular flexibility index (Phi) is 3.74. The van der Waals surface area contributed by atoms with E-state index in [1.807, 2.05) is 0 Å². The summed E-state index contributed by atoms with van der Waals surface area (Å²) < 4.78 is 27.6. The molecule has 20 heavy (non-hydrogen) atoms. The van der Waals surface area contributed by atoms with Crippen molar-refractivity contribution in [2.75, 3.05) is 13.1 Å². The summed E-state index contributed by atoms with van der Waals surface area (Å²) in [5, 5.41) is 9.02. The highest BCUT2D eigenvalue weighted by Gasteiger charge is 2.38. The number of benzene rings is 1. The first-order valence-corrected chi connectivity index (χ1v) is 6.29. The van der Waals surface area contributed by atoms with Crippen LogP contribution >= 0.6 is 0 Å². The maximum Gasteiger partial charge on any atom is 0.308 e. The van der Waals surface area contributed by atoms with Gasteiger partial charge in [0.15, 0.2) is 0 Å². The summed E-state index contributed by atoms with van der Waals surface area (Å²) in [6, 6.07) is 2.30. The molecule has 6 heteroatoms. The van der Waals surface area contributed by atoms with Crippen LogP contribution in [-0.4, -0.2) is 35.0 Å². The number of hydrogen-bond acceptors (Lipinski definition) is 2. The summed E-state index contributed by atoms with van der Waals surface area (Å²) in [7, 11) is 0. The Morgan fingerprint density at radius 2 is 1.95 bits per heavy atom. The molecule has 1 aromatic carbocycles. The number of hydrogen-bond donors (Lipinski definition) is 1. The van der Waals surface area contributed by atoms with Crippen LogP contribution < -0.4 is 0 Å². The van der Waals surface area contributed by atoms with E-state index in [-0.39, 0.29) is 24.6 Å². The third-order valence-electron chi connectivity index (χ3n) is 3.71. The van der Waals surface area contributed by atoms with Gasteiger partial charge < -0.3 is 10.0 Å². The zero-order chi connectivity index (χ0) is 15.0. The topological polar surface area (TPSA) is 57.6 Å². The van der Waals surface area contributed by atoms with Gasteiger partial charge in [0.05, 0.1) is 5.92 Å². The summed E-state index contributed by atoms with van der Waals surface area (Å²) in [4.78, 5) is 24.4. The van der Waals surface area contributed by atoms with Gasteiger partial charge in [0, 0.05) is 13.1 Å². The van der Waals surface area contributed by atoms with E-state index in [2.05, 4.69) is 0 Å². The zero-order valence-electron chi connectivity index (χ0n) is 11.2. The molecule has 1 fully saturated rings. The van der Waals surface area contributed by atoms with Crippen molar-refractivity contribution in [3.63, 3.8) is 0 Å². The van der Waals surface area contributed by atoms with Gasteiger partial charge in [0.25, 0.3) is 5.91 Å². The SMILES string of the molecule is Cc1ccc(F)c(C(=O)N2C[C@@H](C)[C@H](C(=O)O)C2)c1F. The number of nitrogens with zero attached hydrogens (tertiary/aromatic N) is 1. The first-order valence-electron chi connectivity index (χ1n) is 6.29. The summed E-state index contributed by atoms with van der Waals surface area (Å²) >= 11 is 0. The minimum atomic E-state index is -1.00. The third-order valence-corrected chi connectivity index (χ3v) is 3.71. The molecule has 0 radical (unpaired) electrons. The van der Waals surface area contributed by atoms with Crippen molar-refractivity contribution in [2.45, 2.75) is 13.8 Å². The number of carbonyl (C=O) groups excluding carboxylic acids is 1. The quantitative estimate of drug-likeness (QED) is 0.904. The second-order valence-electron chi connectivity index (χ2n) is 5.19. The van der Waals surface area contributed by atoms with Gasteiger partial charge in [-0.3, -0.25) is 9.59 Å². The molecule has 1 N–H and O–H groups in total. The predicted molar refractivity (Wildman–Crippen MR) is 67.3 cm³/mol. The summed E-state index contributed by atoms with van der Waals surface area (Å²) in [5.41, 5.74) is -0.431.